The summed E-state index contributed by atoms with van der Waals surface area (Å²) in [5.74, 6) is 2.61. The minimum atomic E-state index is -3.11. The van der Waals surface area contributed by atoms with Gasteiger partial charge in [0, 0.05) is 25.0 Å². The van der Waals surface area contributed by atoms with E-state index in [0.717, 1.165) is 11.8 Å². The number of fused-ring (bicyclic) bond motifs is 2. The summed E-state index contributed by atoms with van der Waals surface area (Å²) in [6, 6.07) is 0.259. The molecule has 3 fully saturated rings. The highest BCUT2D eigenvalue weighted by molar-refractivity contribution is 7.89. The molecule has 3 aliphatic rings. The van der Waals surface area contributed by atoms with Crippen LogP contribution in [0.4, 0.5) is 0 Å². The van der Waals surface area contributed by atoms with E-state index in [4.69, 9.17) is 0 Å². The first-order chi connectivity index (χ1) is 10.9. The molecule has 2 saturated carbocycles. The molecule has 0 aromatic rings. The largest absolute Gasteiger partial charge is 0.353 e. The molecule has 2 bridgehead atoms. The summed E-state index contributed by atoms with van der Waals surface area (Å²) in [7, 11) is -3.11. The SMILES string of the molecule is CCS(=O)(=O)N1CCC(C(=O)N[C@H](C)[C@H]2C[C@H]3CC[C@H]2C3)CC1. The Morgan fingerprint density at radius 3 is 2.39 bits per heavy atom. The first-order valence-electron chi connectivity index (χ1n) is 9.19. The fraction of sp³-hybridized carbons (Fsp3) is 0.941. The molecule has 132 valence electrons. The summed E-state index contributed by atoms with van der Waals surface area (Å²) in [6.07, 6.45) is 6.65. The van der Waals surface area contributed by atoms with E-state index < -0.39 is 10.0 Å². The van der Waals surface area contributed by atoms with Gasteiger partial charge in [0.15, 0.2) is 0 Å². The molecule has 1 N–H and O–H groups in total. The molecule has 0 spiro atoms. The van der Waals surface area contributed by atoms with Crippen molar-refractivity contribution in [1.29, 1.82) is 0 Å². The molecule has 0 radical (unpaired) electrons. The highest BCUT2D eigenvalue weighted by atomic mass is 32.2. The van der Waals surface area contributed by atoms with Crippen LogP contribution in [0.5, 0.6) is 0 Å². The second-order valence-corrected chi connectivity index (χ2v) is 9.97. The summed E-state index contributed by atoms with van der Waals surface area (Å²) in [6.45, 7) is 4.79. The summed E-state index contributed by atoms with van der Waals surface area (Å²) < 4.78 is 25.3. The Bertz CT molecular complexity index is 540. The van der Waals surface area contributed by atoms with Crippen LogP contribution in [0, 0.1) is 23.7 Å². The molecule has 4 atom stereocenters. The number of hydrogen-bond donors (Lipinski definition) is 1. The van der Waals surface area contributed by atoms with Crippen molar-refractivity contribution in [3.05, 3.63) is 0 Å². The van der Waals surface area contributed by atoms with E-state index >= 15 is 0 Å². The van der Waals surface area contributed by atoms with Crippen molar-refractivity contribution in [1.82, 2.24) is 9.62 Å². The van der Waals surface area contributed by atoms with Gasteiger partial charge in [-0.15, -0.1) is 0 Å². The van der Waals surface area contributed by atoms with Crippen molar-refractivity contribution in [3.8, 4) is 0 Å². The van der Waals surface area contributed by atoms with Gasteiger partial charge in [0.2, 0.25) is 15.9 Å². The molecule has 6 heteroatoms. The average molecular weight is 343 g/mol. The molecule has 0 aromatic heterocycles. The molecule has 0 unspecified atom stereocenters. The predicted octanol–water partition coefficient (Wildman–Crippen LogP) is 1.99. The van der Waals surface area contributed by atoms with Crippen molar-refractivity contribution in [2.45, 2.75) is 58.4 Å². The minimum absolute atomic E-state index is 0.0284. The zero-order valence-corrected chi connectivity index (χ0v) is 15.1. The number of amides is 1. The maximum atomic E-state index is 12.5. The molecule has 1 saturated heterocycles. The van der Waals surface area contributed by atoms with E-state index in [-0.39, 0.29) is 23.6 Å². The van der Waals surface area contributed by atoms with Gasteiger partial charge in [-0.1, -0.05) is 6.42 Å². The van der Waals surface area contributed by atoms with Crippen LogP contribution in [-0.4, -0.2) is 43.5 Å². The highest BCUT2D eigenvalue weighted by Gasteiger charge is 2.42. The number of nitrogens with one attached hydrogen (secondary N) is 1. The topological polar surface area (TPSA) is 66.5 Å². The van der Waals surface area contributed by atoms with E-state index in [0.29, 0.717) is 31.8 Å². The quantitative estimate of drug-likeness (QED) is 0.831. The van der Waals surface area contributed by atoms with Crippen LogP contribution in [0.2, 0.25) is 0 Å². The number of rotatable bonds is 5. The third-order valence-electron chi connectivity index (χ3n) is 6.39. The van der Waals surface area contributed by atoms with Gasteiger partial charge in [-0.2, -0.15) is 0 Å². The molecule has 1 heterocycles. The van der Waals surface area contributed by atoms with Crippen molar-refractivity contribution < 1.29 is 13.2 Å². The monoisotopic (exact) mass is 342 g/mol. The van der Waals surface area contributed by atoms with E-state index in [2.05, 4.69) is 12.2 Å². The van der Waals surface area contributed by atoms with E-state index in [1.807, 2.05) is 0 Å². The van der Waals surface area contributed by atoms with Gasteiger partial charge in [0.05, 0.1) is 5.75 Å². The van der Waals surface area contributed by atoms with Gasteiger partial charge in [-0.25, -0.2) is 12.7 Å². The van der Waals surface area contributed by atoms with E-state index in [1.54, 1.807) is 6.92 Å². The van der Waals surface area contributed by atoms with Gasteiger partial charge in [-0.05, 0) is 63.7 Å². The Labute approximate surface area is 140 Å². The lowest BCUT2D eigenvalue weighted by atomic mass is 9.83. The maximum absolute atomic E-state index is 12.5. The van der Waals surface area contributed by atoms with E-state index in [9.17, 15) is 13.2 Å². The van der Waals surface area contributed by atoms with Crippen LogP contribution in [0.3, 0.4) is 0 Å². The molecule has 1 aliphatic heterocycles. The van der Waals surface area contributed by atoms with Crippen molar-refractivity contribution >= 4 is 15.9 Å². The fourth-order valence-corrected chi connectivity index (χ4v) is 6.07. The lowest BCUT2D eigenvalue weighted by Crippen LogP contribution is -2.47. The van der Waals surface area contributed by atoms with Crippen molar-refractivity contribution in [3.63, 3.8) is 0 Å². The summed E-state index contributed by atoms with van der Waals surface area (Å²) in [4.78, 5) is 12.5. The zero-order valence-electron chi connectivity index (χ0n) is 14.3. The van der Waals surface area contributed by atoms with Crippen molar-refractivity contribution in [2.75, 3.05) is 18.8 Å². The average Bonchev–Trinajstić information content (AvgIpc) is 3.18. The summed E-state index contributed by atoms with van der Waals surface area (Å²) in [5, 5.41) is 3.24. The molecule has 0 aromatic carbocycles. The number of carbonyl (C=O) groups is 1. The first kappa shape index (κ1) is 17.2. The first-order valence-corrected chi connectivity index (χ1v) is 10.8. The second kappa shape index (κ2) is 6.71. The summed E-state index contributed by atoms with van der Waals surface area (Å²) >= 11 is 0. The second-order valence-electron chi connectivity index (χ2n) is 7.71. The lowest BCUT2D eigenvalue weighted by molar-refractivity contribution is -0.127. The van der Waals surface area contributed by atoms with Gasteiger partial charge in [0.25, 0.3) is 0 Å². The van der Waals surface area contributed by atoms with E-state index in [1.165, 1.54) is 30.0 Å². The third kappa shape index (κ3) is 3.58. The Hall–Kier alpha value is -0.620. The van der Waals surface area contributed by atoms with Crippen LogP contribution in [-0.2, 0) is 14.8 Å². The highest BCUT2D eigenvalue weighted by Crippen LogP contribution is 2.49. The molecule has 5 nitrogen and oxygen atoms in total. The van der Waals surface area contributed by atoms with Gasteiger partial charge in [0.1, 0.15) is 0 Å². The Morgan fingerprint density at radius 1 is 1.17 bits per heavy atom. The van der Waals surface area contributed by atoms with Crippen LogP contribution in [0.1, 0.15) is 52.4 Å². The van der Waals surface area contributed by atoms with Gasteiger partial charge >= 0.3 is 0 Å². The fourth-order valence-electron chi connectivity index (χ4n) is 4.93. The maximum Gasteiger partial charge on any atom is 0.223 e. The number of nitrogens with zero attached hydrogens (tertiary/aromatic N) is 1. The molecule has 23 heavy (non-hydrogen) atoms. The van der Waals surface area contributed by atoms with Crippen molar-refractivity contribution in [2.24, 2.45) is 23.7 Å². The predicted molar refractivity (Wildman–Crippen MR) is 90.3 cm³/mol. The molecular weight excluding hydrogens is 312 g/mol. The lowest BCUT2D eigenvalue weighted by Gasteiger charge is -2.33. The molecule has 1 amide bonds. The number of carbonyl (C=O) groups excluding carboxylic acids is 1. The molecular formula is C17H30N2O3S. The molecule has 2 aliphatic carbocycles. The number of hydrogen-bond acceptors (Lipinski definition) is 3. The molecule has 3 rings (SSSR count). The number of sulfonamides is 1. The van der Waals surface area contributed by atoms with Crippen LogP contribution < -0.4 is 5.32 Å². The van der Waals surface area contributed by atoms with Gasteiger partial charge < -0.3 is 5.32 Å². The van der Waals surface area contributed by atoms with Crippen LogP contribution >= 0.6 is 0 Å². The van der Waals surface area contributed by atoms with Gasteiger partial charge in [-0.3, -0.25) is 4.79 Å². The van der Waals surface area contributed by atoms with Crippen LogP contribution in [0.25, 0.3) is 0 Å². The smallest absolute Gasteiger partial charge is 0.223 e. The Morgan fingerprint density at radius 2 is 1.87 bits per heavy atom. The minimum Gasteiger partial charge on any atom is -0.353 e. The third-order valence-corrected chi connectivity index (χ3v) is 8.27. The number of piperidine rings is 1. The normalized spacial score (nSPS) is 33.7. The standard InChI is InChI=1S/C17H30N2O3S/c1-3-23(21,22)19-8-6-14(7-9-19)17(20)18-12(2)16-11-13-4-5-15(16)10-13/h12-16H,3-11H2,1-2H3,(H,18,20)/t12-,13+,15+,16-/m1/s1. The van der Waals surface area contributed by atoms with Crippen LogP contribution in [0.15, 0.2) is 0 Å². The Kier molecular flexibility index (Phi) is 5.02. The summed E-state index contributed by atoms with van der Waals surface area (Å²) in [5.41, 5.74) is 0. The zero-order chi connectivity index (χ0) is 16.6. The Balaban J connectivity index is 1.48.